The minimum Gasteiger partial charge on any atom is -0.309 e. The third kappa shape index (κ3) is 2.88. The van der Waals surface area contributed by atoms with Crippen molar-refractivity contribution in [1.82, 2.24) is 5.32 Å². The van der Waals surface area contributed by atoms with Gasteiger partial charge < -0.3 is 5.32 Å². The molecule has 2 atom stereocenters. The molecule has 0 aliphatic heterocycles. The third-order valence-corrected chi connectivity index (χ3v) is 3.22. The number of fused-ring (bicyclic) bond motifs is 1. The van der Waals surface area contributed by atoms with Crippen LogP contribution in [0.1, 0.15) is 25.5 Å². The first kappa shape index (κ1) is 12.6. The molecule has 0 aliphatic rings. The molecule has 0 bridgehead atoms. The molecule has 2 heteroatoms. The van der Waals surface area contributed by atoms with Gasteiger partial charge >= 0.3 is 0 Å². The molecule has 2 nitrogen and oxygen atoms in total. The molecule has 0 heterocycles. The molecule has 0 saturated heterocycles. The number of benzene rings is 2. The van der Waals surface area contributed by atoms with Crippen LogP contribution in [0.5, 0.6) is 0 Å². The minimum absolute atomic E-state index is 0.0490. The maximum absolute atomic E-state index is 8.77. The molecule has 2 rings (SSSR count). The SMILES string of the molecule is CC(C#N)CNC(C)c1ccc2ccccc2c1. The van der Waals surface area contributed by atoms with Crippen molar-refractivity contribution < 1.29 is 0 Å². The van der Waals surface area contributed by atoms with Crippen LogP contribution in [0.4, 0.5) is 0 Å². The van der Waals surface area contributed by atoms with E-state index in [4.69, 9.17) is 5.26 Å². The van der Waals surface area contributed by atoms with Gasteiger partial charge in [-0.15, -0.1) is 0 Å². The van der Waals surface area contributed by atoms with E-state index in [1.807, 2.05) is 6.92 Å². The lowest BCUT2D eigenvalue weighted by Crippen LogP contribution is -2.23. The summed E-state index contributed by atoms with van der Waals surface area (Å²) in [5.74, 6) is 0.0490. The molecule has 0 amide bonds. The first-order valence-corrected chi connectivity index (χ1v) is 6.32. The molecule has 2 unspecified atom stereocenters. The molecule has 92 valence electrons. The van der Waals surface area contributed by atoms with Crippen LogP contribution in [0.15, 0.2) is 42.5 Å². The highest BCUT2D eigenvalue weighted by atomic mass is 14.9. The summed E-state index contributed by atoms with van der Waals surface area (Å²) in [5, 5.41) is 14.7. The van der Waals surface area contributed by atoms with Crippen molar-refractivity contribution in [1.29, 1.82) is 5.26 Å². The average molecular weight is 238 g/mol. The van der Waals surface area contributed by atoms with Crippen LogP contribution >= 0.6 is 0 Å². The Bertz CT molecular complexity index is 569. The molecule has 2 aromatic rings. The number of nitrogens with zero attached hydrogens (tertiary/aromatic N) is 1. The summed E-state index contributed by atoms with van der Waals surface area (Å²) in [4.78, 5) is 0. The van der Waals surface area contributed by atoms with Gasteiger partial charge in [-0.2, -0.15) is 5.26 Å². The lowest BCUT2D eigenvalue weighted by atomic mass is 10.0. The van der Waals surface area contributed by atoms with Crippen LogP contribution in [-0.4, -0.2) is 6.54 Å². The van der Waals surface area contributed by atoms with Crippen molar-refractivity contribution >= 4 is 10.8 Å². The van der Waals surface area contributed by atoms with E-state index in [9.17, 15) is 0 Å². The van der Waals surface area contributed by atoms with Crippen molar-refractivity contribution in [2.24, 2.45) is 5.92 Å². The van der Waals surface area contributed by atoms with E-state index in [0.29, 0.717) is 0 Å². The van der Waals surface area contributed by atoms with Gasteiger partial charge in [0.05, 0.1) is 12.0 Å². The number of nitrogens with one attached hydrogen (secondary N) is 1. The van der Waals surface area contributed by atoms with Gasteiger partial charge in [0, 0.05) is 12.6 Å². The largest absolute Gasteiger partial charge is 0.309 e. The monoisotopic (exact) mass is 238 g/mol. The van der Waals surface area contributed by atoms with E-state index in [2.05, 4.69) is 60.8 Å². The predicted molar refractivity (Wildman–Crippen MR) is 75.1 cm³/mol. The molecule has 18 heavy (non-hydrogen) atoms. The summed E-state index contributed by atoms with van der Waals surface area (Å²) in [7, 11) is 0. The second kappa shape index (κ2) is 5.66. The maximum Gasteiger partial charge on any atom is 0.0666 e. The van der Waals surface area contributed by atoms with Crippen molar-refractivity contribution in [3.05, 3.63) is 48.0 Å². The Kier molecular flexibility index (Phi) is 3.96. The smallest absolute Gasteiger partial charge is 0.0666 e. The van der Waals surface area contributed by atoms with Crippen LogP contribution in [0.2, 0.25) is 0 Å². The topological polar surface area (TPSA) is 35.8 Å². The van der Waals surface area contributed by atoms with Gasteiger partial charge in [0.15, 0.2) is 0 Å². The van der Waals surface area contributed by atoms with Gasteiger partial charge in [-0.05, 0) is 36.2 Å². The standard InChI is InChI=1S/C16H18N2/c1-12(10-17)11-18-13(2)15-8-7-14-5-3-4-6-16(14)9-15/h3-9,12-13,18H,11H2,1-2H3. The molecule has 0 saturated carbocycles. The van der Waals surface area contributed by atoms with E-state index in [1.54, 1.807) is 0 Å². The molecule has 1 N–H and O–H groups in total. The fourth-order valence-electron chi connectivity index (χ4n) is 1.99. The predicted octanol–water partition coefficient (Wildman–Crippen LogP) is 3.65. The van der Waals surface area contributed by atoms with E-state index in [0.717, 1.165) is 6.54 Å². The molecule has 0 aliphatic carbocycles. The van der Waals surface area contributed by atoms with Gasteiger partial charge in [-0.3, -0.25) is 0 Å². The molecular weight excluding hydrogens is 220 g/mol. The second-order valence-electron chi connectivity index (χ2n) is 4.77. The van der Waals surface area contributed by atoms with Crippen molar-refractivity contribution in [3.63, 3.8) is 0 Å². The van der Waals surface area contributed by atoms with E-state index in [1.165, 1.54) is 16.3 Å². The Morgan fingerprint density at radius 1 is 1.11 bits per heavy atom. The number of rotatable bonds is 4. The third-order valence-electron chi connectivity index (χ3n) is 3.22. The van der Waals surface area contributed by atoms with E-state index in [-0.39, 0.29) is 12.0 Å². The van der Waals surface area contributed by atoms with Crippen LogP contribution in [0.25, 0.3) is 10.8 Å². The fourth-order valence-corrected chi connectivity index (χ4v) is 1.99. The first-order valence-electron chi connectivity index (χ1n) is 6.32. The lowest BCUT2D eigenvalue weighted by Gasteiger charge is -2.15. The Morgan fingerprint density at radius 2 is 1.83 bits per heavy atom. The van der Waals surface area contributed by atoms with E-state index < -0.39 is 0 Å². The Labute approximate surface area is 108 Å². The zero-order valence-corrected chi connectivity index (χ0v) is 10.9. The Morgan fingerprint density at radius 3 is 2.56 bits per heavy atom. The zero-order chi connectivity index (χ0) is 13.0. The van der Waals surface area contributed by atoms with Gasteiger partial charge in [-0.1, -0.05) is 36.4 Å². The van der Waals surface area contributed by atoms with Crippen LogP contribution in [-0.2, 0) is 0 Å². The van der Waals surface area contributed by atoms with Crippen molar-refractivity contribution in [2.75, 3.05) is 6.54 Å². The fraction of sp³-hybridized carbons (Fsp3) is 0.312. The van der Waals surface area contributed by atoms with Gasteiger partial charge in [-0.25, -0.2) is 0 Å². The normalized spacial score (nSPS) is 14.1. The summed E-state index contributed by atoms with van der Waals surface area (Å²) < 4.78 is 0. The highest BCUT2D eigenvalue weighted by Crippen LogP contribution is 2.20. The Balaban J connectivity index is 2.13. The molecule has 0 aromatic heterocycles. The van der Waals surface area contributed by atoms with Crippen LogP contribution < -0.4 is 5.32 Å². The summed E-state index contributed by atoms with van der Waals surface area (Å²) in [6.45, 7) is 4.79. The van der Waals surface area contributed by atoms with Crippen LogP contribution in [0, 0.1) is 17.2 Å². The molecular formula is C16H18N2. The molecule has 0 spiro atoms. The number of nitriles is 1. The zero-order valence-electron chi connectivity index (χ0n) is 10.9. The molecule has 2 aromatic carbocycles. The lowest BCUT2D eigenvalue weighted by molar-refractivity contribution is 0.528. The van der Waals surface area contributed by atoms with Gasteiger partial charge in [0.25, 0.3) is 0 Å². The van der Waals surface area contributed by atoms with Gasteiger partial charge in [0.2, 0.25) is 0 Å². The van der Waals surface area contributed by atoms with E-state index >= 15 is 0 Å². The highest BCUT2D eigenvalue weighted by molar-refractivity contribution is 5.83. The van der Waals surface area contributed by atoms with Crippen molar-refractivity contribution in [3.8, 4) is 6.07 Å². The summed E-state index contributed by atoms with van der Waals surface area (Å²) in [6.07, 6.45) is 0. The maximum atomic E-state index is 8.77. The molecule has 0 radical (unpaired) electrons. The Hall–Kier alpha value is -1.85. The number of hydrogen-bond donors (Lipinski definition) is 1. The second-order valence-corrected chi connectivity index (χ2v) is 4.77. The quantitative estimate of drug-likeness (QED) is 0.882. The average Bonchev–Trinajstić information content (AvgIpc) is 2.43. The first-order chi connectivity index (χ1) is 8.70. The van der Waals surface area contributed by atoms with Gasteiger partial charge in [0.1, 0.15) is 0 Å². The van der Waals surface area contributed by atoms with Crippen molar-refractivity contribution in [2.45, 2.75) is 19.9 Å². The van der Waals surface area contributed by atoms with Crippen LogP contribution in [0.3, 0.4) is 0 Å². The minimum atomic E-state index is 0.0490. The summed E-state index contributed by atoms with van der Waals surface area (Å²) >= 11 is 0. The number of hydrogen-bond acceptors (Lipinski definition) is 2. The summed E-state index contributed by atoms with van der Waals surface area (Å²) in [6, 6.07) is 17.4. The highest BCUT2D eigenvalue weighted by Gasteiger charge is 2.07. The molecule has 0 fully saturated rings. The summed E-state index contributed by atoms with van der Waals surface area (Å²) in [5.41, 5.74) is 1.26.